The molecule has 2 fully saturated rings. The van der Waals surface area contributed by atoms with Crippen LogP contribution in [0.4, 0.5) is 31.1 Å². The molecule has 5 rings (SSSR count). The second-order valence-electron chi connectivity index (χ2n) is 7.77. The van der Waals surface area contributed by atoms with Gasteiger partial charge >= 0.3 is 18.4 Å². The second kappa shape index (κ2) is 6.26. The van der Waals surface area contributed by atoms with Crippen LogP contribution in [0.3, 0.4) is 0 Å². The molecule has 4 aliphatic heterocycles. The zero-order valence-corrected chi connectivity index (χ0v) is 15.2. The van der Waals surface area contributed by atoms with Gasteiger partial charge in [-0.2, -0.15) is 26.3 Å². The van der Waals surface area contributed by atoms with Gasteiger partial charge in [0, 0.05) is 11.8 Å². The average molecular weight is 431 g/mol. The first-order chi connectivity index (χ1) is 14.1. The fraction of sp³-hybridized carbons (Fsp3) is 0.450. The third-order valence-electron chi connectivity index (χ3n) is 6.26. The topological polar surface area (TPSA) is 38.8 Å². The molecule has 4 bridgehead atoms. The van der Waals surface area contributed by atoms with Crippen LogP contribution in [0.25, 0.3) is 0 Å². The Morgan fingerprint density at radius 2 is 1.40 bits per heavy atom. The Morgan fingerprint density at radius 3 is 1.87 bits per heavy atom. The van der Waals surface area contributed by atoms with Gasteiger partial charge < -0.3 is 9.47 Å². The molecule has 4 aliphatic rings. The highest BCUT2D eigenvalue weighted by Crippen LogP contribution is 2.62. The molecule has 0 N–H and O–H groups in total. The molecular formula is C20H15F6NO3. The van der Waals surface area contributed by atoms with E-state index in [2.05, 4.69) is 0 Å². The number of nitrogens with zero attached hydrogens (tertiary/aromatic N) is 1. The lowest BCUT2D eigenvalue weighted by Crippen LogP contribution is -2.42. The predicted octanol–water partition coefficient (Wildman–Crippen LogP) is 4.38. The Kier molecular flexibility index (Phi) is 4.06. The number of carbonyl (C=O) groups excluding carboxylic acids is 1. The van der Waals surface area contributed by atoms with Crippen LogP contribution in [0.2, 0.25) is 0 Å². The molecule has 1 amide bonds. The molecule has 0 radical (unpaired) electrons. The van der Waals surface area contributed by atoms with E-state index in [1.807, 2.05) is 0 Å². The third kappa shape index (κ3) is 2.69. The van der Waals surface area contributed by atoms with Crippen molar-refractivity contribution in [2.45, 2.75) is 43.3 Å². The highest BCUT2D eigenvalue weighted by Gasteiger charge is 2.72. The normalized spacial score (nSPS) is 34.1. The number of alkyl halides is 6. The van der Waals surface area contributed by atoms with Gasteiger partial charge in [-0.15, -0.1) is 0 Å². The van der Waals surface area contributed by atoms with Crippen molar-refractivity contribution < 1.29 is 40.6 Å². The van der Waals surface area contributed by atoms with Gasteiger partial charge in [0.1, 0.15) is 6.61 Å². The summed E-state index contributed by atoms with van der Waals surface area (Å²) in [5, 5.41) is 0. The minimum Gasteiger partial charge on any atom is -0.445 e. The van der Waals surface area contributed by atoms with Crippen LogP contribution in [0.5, 0.6) is 0 Å². The van der Waals surface area contributed by atoms with Crippen LogP contribution in [-0.4, -0.2) is 47.6 Å². The van der Waals surface area contributed by atoms with Crippen LogP contribution in [0.1, 0.15) is 5.56 Å². The second-order valence-corrected chi connectivity index (χ2v) is 7.77. The molecule has 10 heteroatoms. The van der Waals surface area contributed by atoms with Gasteiger partial charge in [0.05, 0.1) is 35.4 Å². The molecule has 160 valence electrons. The Balaban J connectivity index is 1.42. The first-order valence-electron chi connectivity index (χ1n) is 9.30. The number of ether oxygens (including phenoxy) is 2. The summed E-state index contributed by atoms with van der Waals surface area (Å²) in [5.74, 6) is -1.78. The van der Waals surface area contributed by atoms with Crippen LogP contribution in [-0.2, 0) is 16.1 Å². The molecule has 1 aromatic rings. The van der Waals surface area contributed by atoms with E-state index >= 15 is 0 Å². The van der Waals surface area contributed by atoms with Crippen molar-refractivity contribution >= 4 is 6.09 Å². The molecule has 4 heterocycles. The Morgan fingerprint density at radius 1 is 0.900 bits per heavy atom. The Hall–Kier alpha value is -2.49. The predicted molar refractivity (Wildman–Crippen MR) is 90.0 cm³/mol. The van der Waals surface area contributed by atoms with Crippen molar-refractivity contribution in [2.24, 2.45) is 11.8 Å². The first-order valence-corrected chi connectivity index (χ1v) is 9.30. The van der Waals surface area contributed by atoms with E-state index in [0.717, 1.165) is 0 Å². The fourth-order valence-corrected chi connectivity index (χ4v) is 5.29. The highest BCUT2D eigenvalue weighted by atomic mass is 19.4. The smallest absolute Gasteiger partial charge is 0.415 e. The quantitative estimate of drug-likeness (QED) is 0.516. The van der Waals surface area contributed by atoms with E-state index in [1.165, 1.54) is 4.90 Å². The molecule has 30 heavy (non-hydrogen) atoms. The molecule has 0 unspecified atom stereocenters. The SMILES string of the molecule is O=C(OCc1ccccc1)N1[C@@H]2C=C[C@H]1[C@@H]1[C@H]2[C@@H]2O[C@H]1C(C(F)(F)F)=C2C(F)(F)F. The average Bonchev–Trinajstić information content (AvgIpc) is 3.41. The van der Waals surface area contributed by atoms with Crippen LogP contribution in [0, 0.1) is 11.8 Å². The number of carbonyl (C=O) groups is 1. The van der Waals surface area contributed by atoms with Gasteiger partial charge in [-0.1, -0.05) is 42.5 Å². The molecule has 0 saturated carbocycles. The number of hydrogen-bond donors (Lipinski definition) is 0. The molecular weight excluding hydrogens is 416 g/mol. The summed E-state index contributed by atoms with van der Waals surface area (Å²) in [6.07, 6.45) is -11.5. The number of halogens is 6. The van der Waals surface area contributed by atoms with Gasteiger partial charge in [-0.3, -0.25) is 4.90 Å². The number of hydrogen-bond acceptors (Lipinski definition) is 3. The summed E-state index contributed by atoms with van der Waals surface area (Å²) in [6.45, 7) is -0.0475. The first kappa shape index (κ1) is 19.5. The molecule has 0 aliphatic carbocycles. The maximum atomic E-state index is 13.5. The summed E-state index contributed by atoms with van der Waals surface area (Å²) in [7, 11) is 0. The van der Waals surface area contributed by atoms with E-state index in [9.17, 15) is 31.1 Å². The van der Waals surface area contributed by atoms with E-state index < -0.39 is 65.7 Å². The number of rotatable bonds is 2. The van der Waals surface area contributed by atoms with Crippen molar-refractivity contribution in [1.82, 2.24) is 4.90 Å². The lowest BCUT2D eigenvalue weighted by molar-refractivity contribution is -0.121. The van der Waals surface area contributed by atoms with Crippen LogP contribution < -0.4 is 0 Å². The zero-order valence-electron chi connectivity index (χ0n) is 15.2. The van der Waals surface area contributed by atoms with Crippen molar-refractivity contribution in [2.75, 3.05) is 0 Å². The van der Waals surface area contributed by atoms with Crippen molar-refractivity contribution in [3.8, 4) is 0 Å². The molecule has 6 atom stereocenters. The van der Waals surface area contributed by atoms with Crippen LogP contribution in [0.15, 0.2) is 53.6 Å². The summed E-state index contributed by atoms with van der Waals surface area (Å²) >= 11 is 0. The van der Waals surface area contributed by atoms with Gasteiger partial charge in [0.2, 0.25) is 0 Å². The lowest BCUT2D eigenvalue weighted by atomic mass is 9.70. The summed E-state index contributed by atoms with van der Waals surface area (Å²) in [6, 6.07) is 7.18. The van der Waals surface area contributed by atoms with Gasteiger partial charge in [0.15, 0.2) is 0 Å². The van der Waals surface area contributed by atoms with Crippen molar-refractivity contribution in [3.63, 3.8) is 0 Å². The molecule has 2 saturated heterocycles. The highest BCUT2D eigenvalue weighted by molar-refractivity contribution is 5.71. The Bertz CT molecular complexity index is 892. The van der Waals surface area contributed by atoms with E-state index in [1.54, 1.807) is 42.5 Å². The molecule has 4 nitrogen and oxygen atoms in total. The summed E-state index contributed by atoms with van der Waals surface area (Å²) in [4.78, 5) is 13.9. The molecule has 0 aromatic heterocycles. The largest absolute Gasteiger partial charge is 0.445 e. The minimum absolute atomic E-state index is 0.0475. The van der Waals surface area contributed by atoms with Gasteiger partial charge in [-0.25, -0.2) is 4.79 Å². The molecule has 1 aromatic carbocycles. The number of fused-ring (bicyclic) bond motifs is 9. The van der Waals surface area contributed by atoms with Crippen molar-refractivity contribution in [3.05, 3.63) is 59.2 Å². The third-order valence-corrected chi connectivity index (χ3v) is 6.26. The van der Waals surface area contributed by atoms with E-state index in [-0.39, 0.29) is 6.61 Å². The monoisotopic (exact) mass is 431 g/mol. The van der Waals surface area contributed by atoms with Gasteiger partial charge in [-0.05, 0) is 5.56 Å². The van der Waals surface area contributed by atoms with Gasteiger partial charge in [0.25, 0.3) is 0 Å². The number of benzene rings is 1. The lowest BCUT2D eigenvalue weighted by Gasteiger charge is -2.31. The fourth-order valence-electron chi connectivity index (χ4n) is 5.29. The van der Waals surface area contributed by atoms with Crippen LogP contribution >= 0.6 is 0 Å². The molecule has 0 spiro atoms. The van der Waals surface area contributed by atoms with E-state index in [4.69, 9.17) is 9.47 Å². The summed E-state index contributed by atoms with van der Waals surface area (Å²) in [5.41, 5.74) is -2.62. The maximum Gasteiger partial charge on any atom is 0.415 e. The van der Waals surface area contributed by atoms with Crippen molar-refractivity contribution in [1.29, 1.82) is 0 Å². The van der Waals surface area contributed by atoms with E-state index in [0.29, 0.717) is 5.56 Å². The zero-order chi connectivity index (χ0) is 21.4. The summed E-state index contributed by atoms with van der Waals surface area (Å²) < 4.78 is 91.5. The Labute approximate surface area is 166 Å². The standard InChI is InChI=1S/C20H15F6NO3/c21-19(22,23)14-15(20(24,25)26)17-13-11-7-6-10(12(13)16(14)30-17)27(11)18(28)29-8-9-4-2-1-3-5-9/h1-7,10-13,16-17H,8H2/t10-,11+,12+,13-,16+,17-. The number of amides is 1. The minimum atomic E-state index is -5.17. The maximum absolute atomic E-state index is 13.5.